The fraction of sp³-hybridized carbons (Fsp3) is 0.625. The lowest BCUT2D eigenvalue weighted by Gasteiger charge is -2.29. The Morgan fingerprint density at radius 2 is 2.00 bits per heavy atom. The second-order valence-corrected chi connectivity index (χ2v) is 5.69. The van der Waals surface area contributed by atoms with E-state index in [9.17, 15) is 5.26 Å². The number of aromatic nitrogens is 1. The maximum Gasteiger partial charge on any atom is 0.144 e. The molecule has 1 saturated carbocycles. The first-order valence-corrected chi connectivity index (χ1v) is 7.29. The van der Waals surface area contributed by atoms with Gasteiger partial charge in [0.05, 0.1) is 5.56 Å². The van der Waals surface area contributed by atoms with E-state index in [1.807, 2.05) is 19.9 Å². The van der Waals surface area contributed by atoms with E-state index < -0.39 is 0 Å². The fourth-order valence-electron chi connectivity index (χ4n) is 2.99. The molecule has 3 nitrogen and oxygen atoms in total. The molecule has 0 amide bonds. The number of rotatable bonds is 3. The SMILES string of the molecule is CCC1CCC(Nc2nc(C)cc(C)c2C#N)CC1. The highest BCUT2D eigenvalue weighted by atomic mass is 15.0. The second kappa shape index (κ2) is 6.06. The highest BCUT2D eigenvalue weighted by molar-refractivity contribution is 5.56. The number of nitrogens with one attached hydrogen (secondary N) is 1. The normalized spacial score (nSPS) is 22.8. The molecule has 0 aliphatic heterocycles. The van der Waals surface area contributed by atoms with Crippen LogP contribution in [0, 0.1) is 31.1 Å². The molecule has 0 saturated heterocycles. The summed E-state index contributed by atoms with van der Waals surface area (Å²) >= 11 is 0. The Balaban J connectivity index is 2.10. The van der Waals surface area contributed by atoms with Crippen molar-refractivity contribution in [2.75, 3.05) is 5.32 Å². The first kappa shape index (κ1) is 13.9. The first-order chi connectivity index (χ1) is 9.13. The molecule has 0 atom stereocenters. The van der Waals surface area contributed by atoms with E-state index in [1.54, 1.807) is 0 Å². The van der Waals surface area contributed by atoms with Crippen molar-refractivity contribution in [1.82, 2.24) is 4.98 Å². The Hall–Kier alpha value is -1.56. The number of hydrogen-bond donors (Lipinski definition) is 1. The molecule has 1 aromatic rings. The molecule has 1 fully saturated rings. The predicted octanol–water partition coefficient (Wildman–Crippen LogP) is 3.95. The lowest BCUT2D eigenvalue weighted by atomic mass is 9.84. The standard InChI is InChI=1S/C16H23N3/c1-4-13-5-7-14(8-6-13)19-16-15(10-17)11(2)9-12(3)18-16/h9,13-14H,4-8H2,1-3H3,(H,18,19). The fourth-order valence-corrected chi connectivity index (χ4v) is 2.99. The van der Waals surface area contributed by atoms with Gasteiger partial charge in [-0.05, 0) is 57.1 Å². The minimum Gasteiger partial charge on any atom is -0.366 e. The van der Waals surface area contributed by atoms with Crippen molar-refractivity contribution in [3.05, 3.63) is 22.9 Å². The summed E-state index contributed by atoms with van der Waals surface area (Å²) in [5.41, 5.74) is 2.68. The molecule has 0 radical (unpaired) electrons. The molecule has 19 heavy (non-hydrogen) atoms. The Labute approximate surface area is 116 Å². The topological polar surface area (TPSA) is 48.7 Å². The summed E-state index contributed by atoms with van der Waals surface area (Å²) in [5.74, 6) is 1.67. The highest BCUT2D eigenvalue weighted by Gasteiger charge is 2.21. The molecule has 1 aliphatic rings. The third-order valence-corrected chi connectivity index (χ3v) is 4.22. The predicted molar refractivity (Wildman–Crippen MR) is 78.1 cm³/mol. The van der Waals surface area contributed by atoms with Gasteiger partial charge in [0, 0.05) is 11.7 Å². The molecular weight excluding hydrogens is 234 g/mol. The summed E-state index contributed by atoms with van der Waals surface area (Å²) in [6.45, 7) is 6.23. The quantitative estimate of drug-likeness (QED) is 0.892. The van der Waals surface area contributed by atoms with Crippen molar-refractivity contribution in [2.45, 2.75) is 58.9 Å². The van der Waals surface area contributed by atoms with Gasteiger partial charge in [-0.1, -0.05) is 13.3 Å². The van der Waals surface area contributed by atoms with Crippen LogP contribution in [0.2, 0.25) is 0 Å². The van der Waals surface area contributed by atoms with Gasteiger partial charge >= 0.3 is 0 Å². The summed E-state index contributed by atoms with van der Waals surface area (Å²) in [6.07, 6.45) is 6.26. The second-order valence-electron chi connectivity index (χ2n) is 5.69. The first-order valence-electron chi connectivity index (χ1n) is 7.29. The van der Waals surface area contributed by atoms with E-state index in [0.717, 1.165) is 23.0 Å². The summed E-state index contributed by atoms with van der Waals surface area (Å²) in [6, 6.07) is 4.72. The third-order valence-electron chi connectivity index (χ3n) is 4.22. The van der Waals surface area contributed by atoms with E-state index >= 15 is 0 Å². The zero-order valence-corrected chi connectivity index (χ0v) is 12.2. The molecule has 0 spiro atoms. The number of nitrogens with zero attached hydrogens (tertiary/aromatic N) is 2. The Morgan fingerprint density at radius 3 is 2.58 bits per heavy atom. The average molecular weight is 257 g/mol. The Bertz CT molecular complexity index is 480. The maximum absolute atomic E-state index is 9.27. The van der Waals surface area contributed by atoms with E-state index in [-0.39, 0.29) is 0 Å². The lowest BCUT2D eigenvalue weighted by Crippen LogP contribution is -2.27. The summed E-state index contributed by atoms with van der Waals surface area (Å²) in [5, 5.41) is 12.8. The van der Waals surface area contributed by atoms with Crippen molar-refractivity contribution >= 4 is 5.82 Å². The largest absolute Gasteiger partial charge is 0.366 e. The van der Waals surface area contributed by atoms with Gasteiger partial charge < -0.3 is 5.32 Å². The van der Waals surface area contributed by atoms with Gasteiger partial charge in [-0.2, -0.15) is 5.26 Å². The van der Waals surface area contributed by atoms with Crippen LogP contribution in [0.25, 0.3) is 0 Å². The van der Waals surface area contributed by atoms with Crippen molar-refractivity contribution in [2.24, 2.45) is 5.92 Å². The van der Waals surface area contributed by atoms with Gasteiger partial charge in [-0.15, -0.1) is 0 Å². The molecule has 0 unspecified atom stereocenters. The molecule has 1 aromatic heterocycles. The molecule has 1 aliphatic carbocycles. The minimum absolute atomic E-state index is 0.476. The molecular formula is C16H23N3. The summed E-state index contributed by atoms with van der Waals surface area (Å²) < 4.78 is 0. The van der Waals surface area contributed by atoms with E-state index in [1.165, 1.54) is 32.1 Å². The minimum atomic E-state index is 0.476. The van der Waals surface area contributed by atoms with Crippen molar-refractivity contribution < 1.29 is 0 Å². The maximum atomic E-state index is 9.27. The molecule has 1 heterocycles. The van der Waals surface area contributed by atoms with Gasteiger partial charge in [0.25, 0.3) is 0 Å². The lowest BCUT2D eigenvalue weighted by molar-refractivity contribution is 0.330. The van der Waals surface area contributed by atoms with Crippen LogP contribution in [0.1, 0.15) is 55.8 Å². The van der Waals surface area contributed by atoms with Crippen LogP contribution in [-0.4, -0.2) is 11.0 Å². The van der Waals surface area contributed by atoms with E-state index in [0.29, 0.717) is 11.6 Å². The van der Waals surface area contributed by atoms with Crippen LogP contribution in [-0.2, 0) is 0 Å². The van der Waals surface area contributed by atoms with Gasteiger partial charge in [0.2, 0.25) is 0 Å². The zero-order chi connectivity index (χ0) is 13.8. The average Bonchev–Trinajstić information content (AvgIpc) is 2.39. The van der Waals surface area contributed by atoms with Gasteiger partial charge in [0.1, 0.15) is 11.9 Å². The van der Waals surface area contributed by atoms with Crippen molar-refractivity contribution in [3.63, 3.8) is 0 Å². The van der Waals surface area contributed by atoms with Gasteiger partial charge in [0.15, 0.2) is 0 Å². The number of hydrogen-bond acceptors (Lipinski definition) is 3. The smallest absolute Gasteiger partial charge is 0.144 e. The monoisotopic (exact) mass is 257 g/mol. The molecule has 0 aromatic carbocycles. The molecule has 1 N–H and O–H groups in total. The van der Waals surface area contributed by atoms with Crippen LogP contribution < -0.4 is 5.32 Å². The van der Waals surface area contributed by atoms with Crippen LogP contribution in [0.15, 0.2) is 6.07 Å². The Morgan fingerprint density at radius 1 is 1.32 bits per heavy atom. The zero-order valence-electron chi connectivity index (χ0n) is 12.2. The number of pyridine rings is 1. The van der Waals surface area contributed by atoms with E-state index in [2.05, 4.69) is 23.3 Å². The van der Waals surface area contributed by atoms with Crippen LogP contribution in [0.5, 0.6) is 0 Å². The highest BCUT2D eigenvalue weighted by Crippen LogP contribution is 2.29. The number of nitriles is 1. The van der Waals surface area contributed by atoms with Crippen LogP contribution in [0.4, 0.5) is 5.82 Å². The molecule has 3 heteroatoms. The van der Waals surface area contributed by atoms with Crippen LogP contribution in [0.3, 0.4) is 0 Å². The molecule has 0 bridgehead atoms. The van der Waals surface area contributed by atoms with Crippen LogP contribution >= 0.6 is 0 Å². The molecule has 2 rings (SSSR count). The number of anilines is 1. The van der Waals surface area contributed by atoms with Crippen molar-refractivity contribution in [1.29, 1.82) is 5.26 Å². The summed E-state index contributed by atoms with van der Waals surface area (Å²) in [7, 11) is 0. The van der Waals surface area contributed by atoms with Gasteiger partial charge in [-0.25, -0.2) is 4.98 Å². The summed E-state index contributed by atoms with van der Waals surface area (Å²) in [4.78, 5) is 4.50. The molecule has 102 valence electrons. The van der Waals surface area contributed by atoms with Crippen molar-refractivity contribution in [3.8, 4) is 6.07 Å². The Kier molecular flexibility index (Phi) is 4.42. The third kappa shape index (κ3) is 3.26. The van der Waals surface area contributed by atoms with Gasteiger partial charge in [-0.3, -0.25) is 0 Å². The number of aryl methyl sites for hydroxylation is 2. The van der Waals surface area contributed by atoms with E-state index in [4.69, 9.17) is 0 Å².